The summed E-state index contributed by atoms with van der Waals surface area (Å²) in [7, 11) is 0. The molecule has 3 rings (SSSR count). The largest absolute Gasteiger partial charge is 0.369 e. The molecule has 0 unspecified atom stereocenters. The highest BCUT2D eigenvalue weighted by Gasteiger charge is 2.18. The number of anilines is 1. The van der Waals surface area contributed by atoms with Crippen LogP contribution in [0.4, 0.5) is 10.3 Å². The second-order valence-corrected chi connectivity index (χ2v) is 5.28. The highest BCUT2D eigenvalue weighted by atomic mass is 32.1. The number of H-pyrrole nitrogens is 1. The van der Waals surface area contributed by atoms with Crippen LogP contribution in [0.25, 0.3) is 15.8 Å². The van der Waals surface area contributed by atoms with E-state index in [0.29, 0.717) is 26.2 Å². The molecule has 0 amide bonds. The maximum Gasteiger partial charge on any atom is 0.261 e. The highest BCUT2D eigenvalue weighted by Crippen LogP contribution is 2.36. The predicted molar refractivity (Wildman–Crippen MR) is 79.2 cm³/mol. The van der Waals surface area contributed by atoms with Crippen LogP contribution in [-0.4, -0.2) is 9.97 Å². The number of aromatic nitrogens is 2. The van der Waals surface area contributed by atoms with Gasteiger partial charge in [0.15, 0.2) is 0 Å². The van der Waals surface area contributed by atoms with Crippen LogP contribution in [0, 0.1) is 6.92 Å². The summed E-state index contributed by atoms with van der Waals surface area (Å²) < 4.78 is 14.1. The van der Waals surface area contributed by atoms with Crippen molar-refractivity contribution in [3.05, 3.63) is 56.7 Å². The molecule has 0 fully saturated rings. The molecule has 0 radical (unpaired) electrons. The first-order valence-electron chi connectivity index (χ1n) is 5.86. The van der Waals surface area contributed by atoms with Crippen molar-refractivity contribution in [3.63, 3.8) is 0 Å². The van der Waals surface area contributed by atoms with Crippen molar-refractivity contribution in [3.8, 4) is 0 Å². The monoisotopic (exact) mass is 287 g/mol. The van der Waals surface area contributed by atoms with Gasteiger partial charge in [-0.05, 0) is 36.8 Å². The van der Waals surface area contributed by atoms with Crippen LogP contribution in [-0.2, 0) is 0 Å². The third-order valence-electron chi connectivity index (χ3n) is 2.99. The molecule has 0 atom stereocenters. The summed E-state index contributed by atoms with van der Waals surface area (Å²) in [6.45, 7) is 1.78. The molecule has 0 saturated heterocycles. The van der Waals surface area contributed by atoms with Gasteiger partial charge in [-0.2, -0.15) is 0 Å². The number of aromatic amines is 1. The number of hydrogen-bond donors (Lipinski definition) is 2. The number of fused-ring (bicyclic) bond motifs is 1. The van der Waals surface area contributed by atoms with Gasteiger partial charge in [0.05, 0.1) is 5.39 Å². The minimum Gasteiger partial charge on any atom is -0.369 e. The zero-order chi connectivity index (χ0) is 14.3. The van der Waals surface area contributed by atoms with E-state index < -0.39 is 0 Å². The average Bonchev–Trinajstić information content (AvgIpc) is 2.56. The Bertz CT molecular complexity index is 895. The Morgan fingerprint density at radius 3 is 2.95 bits per heavy atom. The number of allylic oxidation sites excluding steroid dienone is 5. The van der Waals surface area contributed by atoms with Crippen LogP contribution in [0.15, 0.2) is 40.7 Å². The number of nitrogen functional groups attached to an aromatic ring is 1. The predicted octanol–water partition coefficient (Wildman–Crippen LogP) is 2.84. The molecule has 0 aromatic carbocycles. The highest BCUT2D eigenvalue weighted by molar-refractivity contribution is 7.19. The molecule has 2 aromatic heterocycles. The van der Waals surface area contributed by atoms with Gasteiger partial charge in [-0.15, -0.1) is 17.1 Å². The second kappa shape index (κ2) is 4.59. The lowest BCUT2D eigenvalue weighted by Crippen LogP contribution is -2.10. The molecule has 2 heterocycles. The Kier molecular flexibility index (Phi) is 2.89. The number of thiophene rings is 1. The molecule has 0 saturated carbocycles. The summed E-state index contributed by atoms with van der Waals surface area (Å²) in [5.41, 5.74) is 9.16. The third kappa shape index (κ3) is 1.91. The fourth-order valence-corrected chi connectivity index (χ4v) is 3.30. The Morgan fingerprint density at radius 2 is 2.15 bits per heavy atom. The van der Waals surface area contributed by atoms with Crippen molar-refractivity contribution in [1.82, 2.24) is 9.97 Å². The summed E-state index contributed by atoms with van der Waals surface area (Å²) in [5, 5.41) is 0.453. The summed E-state index contributed by atoms with van der Waals surface area (Å²) in [5.74, 6) is -0.312. The molecule has 20 heavy (non-hydrogen) atoms. The SMILES string of the molecule is Cc1c(C2=CC=C=CC=C2F)sc2nc(N)[nH]c(=O)c12. The van der Waals surface area contributed by atoms with Crippen molar-refractivity contribution in [1.29, 1.82) is 0 Å². The van der Waals surface area contributed by atoms with Crippen LogP contribution in [0.2, 0.25) is 0 Å². The fraction of sp³-hybridized carbons (Fsp3) is 0.0714. The first-order chi connectivity index (χ1) is 9.58. The van der Waals surface area contributed by atoms with Gasteiger partial charge in [0.2, 0.25) is 5.95 Å². The normalized spacial score (nSPS) is 14.3. The van der Waals surface area contributed by atoms with Crippen LogP contribution in [0.3, 0.4) is 0 Å². The standard InChI is InChI=1S/C14H10FN3OS/c1-7-10-12(19)17-14(16)18-13(10)20-11(7)8-5-3-2-4-6-9(8)15/h3-6H,1H3,(H3,16,17,18,19). The minimum atomic E-state index is -0.370. The van der Waals surface area contributed by atoms with E-state index in [2.05, 4.69) is 15.7 Å². The van der Waals surface area contributed by atoms with Gasteiger partial charge in [0.25, 0.3) is 5.56 Å². The van der Waals surface area contributed by atoms with E-state index in [1.54, 1.807) is 19.1 Å². The summed E-state index contributed by atoms with van der Waals surface area (Å²) >= 11 is 1.25. The molecule has 100 valence electrons. The number of aryl methyl sites for hydroxylation is 1. The van der Waals surface area contributed by atoms with E-state index in [0.717, 1.165) is 0 Å². The topological polar surface area (TPSA) is 71.8 Å². The van der Waals surface area contributed by atoms with Gasteiger partial charge in [-0.3, -0.25) is 9.78 Å². The van der Waals surface area contributed by atoms with E-state index in [-0.39, 0.29) is 17.3 Å². The summed E-state index contributed by atoms with van der Waals surface area (Å²) in [6, 6.07) is 0. The lowest BCUT2D eigenvalue weighted by Gasteiger charge is -2.02. The Balaban J connectivity index is 2.31. The van der Waals surface area contributed by atoms with Crippen LogP contribution < -0.4 is 11.3 Å². The number of nitrogens with zero attached hydrogens (tertiary/aromatic N) is 1. The first-order valence-corrected chi connectivity index (χ1v) is 6.68. The number of rotatable bonds is 1. The fourth-order valence-electron chi connectivity index (χ4n) is 2.08. The second-order valence-electron chi connectivity index (χ2n) is 4.28. The van der Waals surface area contributed by atoms with Gasteiger partial charge in [-0.1, -0.05) is 0 Å². The van der Waals surface area contributed by atoms with Gasteiger partial charge in [0.1, 0.15) is 10.7 Å². The van der Waals surface area contributed by atoms with Crippen molar-refractivity contribution >= 4 is 33.1 Å². The molecule has 4 nitrogen and oxygen atoms in total. The van der Waals surface area contributed by atoms with Gasteiger partial charge in [0, 0.05) is 10.5 Å². The van der Waals surface area contributed by atoms with E-state index in [1.165, 1.54) is 23.5 Å². The zero-order valence-corrected chi connectivity index (χ0v) is 11.3. The molecule has 0 aliphatic heterocycles. The molecule has 0 bridgehead atoms. The molecule has 2 aromatic rings. The van der Waals surface area contributed by atoms with Crippen LogP contribution in [0.1, 0.15) is 10.4 Å². The van der Waals surface area contributed by atoms with Gasteiger partial charge < -0.3 is 5.73 Å². The van der Waals surface area contributed by atoms with E-state index >= 15 is 0 Å². The Labute approximate surface area is 117 Å². The van der Waals surface area contributed by atoms with Crippen molar-refractivity contribution in [2.24, 2.45) is 0 Å². The van der Waals surface area contributed by atoms with Crippen molar-refractivity contribution in [2.75, 3.05) is 5.73 Å². The molecular formula is C14H10FN3OS. The zero-order valence-electron chi connectivity index (χ0n) is 10.5. The smallest absolute Gasteiger partial charge is 0.261 e. The van der Waals surface area contributed by atoms with Crippen molar-refractivity contribution < 1.29 is 4.39 Å². The Morgan fingerprint density at radius 1 is 1.40 bits per heavy atom. The van der Waals surface area contributed by atoms with Crippen molar-refractivity contribution in [2.45, 2.75) is 6.92 Å². The van der Waals surface area contributed by atoms with Gasteiger partial charge >= 0.3 is 0 Å². The summed E-state index contributed by atoms with van der Waals surface area (Å²) in [4.78, 5) is 19.7. The number of halogens is 1. The van der Waals surface area contributed by atoms with Crippen LogP contribution >= 0.6 is 11.3 Å². The summed E-state index contributed by atoms with van der Waals surface area (Å²) in [6.07, 6.45) is 6.11. The molecule has 3 N–H and O–H groups in total. The lowest BCUT2D eigenvalue weighted by molar-refractivity contribution is 0.675. The number of nitrogens with one attached hydrogen (secondary N) is 1. The minimum absolute atomic E-state index is 0.0581. The van der Waals surface area contributed by atoms with E-state index in [1.807, 2.05) is 0 Å². The average molecular weight is 287 g/mol. The quantitative estimate of drug-likeness (QED) is 0.792. The van der Waals surface area contributed by atoms with Gasteiger partial charge in [-0.25, -0.2) is 9.37 Å². The molecule has 1 aliphatic rings. The number of nitrogens with two attached hydrogens (primary N) is 1. The number of hydrogen-bond acceptors (Lipinski definition) is 4. The maximum atomic E-state index is 14.1. The van der Waals surface area contributed by atoms with E-state index in [9.17, 15) is 9.18 Å². The lowest BCUT2D eigenvalue weighted by atomic mass is 10.1. The molecule has 1 aliphatic carbocycles. The molecular weight excluding hydrogens is 277 g/mol. The molecule has 6 heteroatoms. The Hall–Kier alpha value is -2.43. The third-order valence-corrected chi connectivity index (χ3v) is 4.21. The first kappa shape index (κ1) is 12.6. The molecule has 0 spiro atoms. The maximum absolute atomic E-state index is 14.1. The van der Waals surface area contributed by atoms with Crippen LogP contribution in [0.5, 0.6) is 0 Å². The van der Waals surface area contributed by atoms with E-state index in [4.69, 9.17) is 5.73 Å².